The topological polar surface area (TPSA) is 55.1 Å². The molecule has 1 aliphatic carbocycles. The maximum atomic E-state index is 12.3. The predicted molar refractivity (Wildman–Crippen MR) is 75.0 cm³/mol. The lowest BCUT2D eigenvalue weighted by Gasteiger charge is -2.27. The number of nitrogens with two attached hydrogens (primary N) is 1. The number of hydrogen-bond acceptors (Lipinski definition) is 2. The Morgan fingerprint density at radius 2 is 2.22 bits per heavy atom. The van der Waals surface area contributed by atoms with Crippen molar-refractivity contribution in [3.05, 3.63) is 28.2 Å². The predicted octanol–water partition coefficient (Wildman–Crippen LogP) is 3.45. The smallest absolute Gasteiger partial charge is 0.231 e. The quantitative estimate of drug-likeness (QED) is 0.875. The first-order valence-electron chi connectivity index (χ1n) is 5.95. The first-order valence-corrected chi connectivity index (χ1v) is 6.71. The summed E-state index contributed by atoms with van der Waals surface area (Å²) in [7, 11) is 0. The number of carbonyl (C=O) groups is 1. The standard InChI is InChI=1S/C13H16Cl2N2O/c1-13(6-2-3-11(13)16)12(18)17-10-7-8(14)4-5-9(10)15/h4-5,7,11H,2-3,6,16H2,1H3,(H,17,18). The van der Waals surface area contributed by atoms with Gasteiger partial charge >= 0.3 is 0 Å². The van der Waals surface area contributed by atoms with Gasteiger partial charge in [0, 0.05) is 11.1 Å². The van der Waals surface area contributed by atoms with E-state index >= 15 is 0 Å². The van der Waals surface area contributed by atoms with Crippen LogP contribution in [0.15, 0.2) is 18.2 Å². The second-order valence-corrected chi connectivity index (χ2v) is 5.84. The summed E-state index contributed by atoms with van der Waals surface area (Å²) in [6, 6.07) is 4.89. The average Bonchev–Trinajstić information content (AvgIpc) is 2.66. The number of amides is 1. The van der Waals surface area contributed by atoms with E-state index in [1.807, 2.05) is 6.92 Å². The molecule has 0 radical (unpaired) electrons. The molecular weight excluding hydrogens is 271 g/mol. The second-order valence-electron chi connectivity index (χ2n) is 4.99. The minimum Gasteiger partial charge on any atom is -0.327 e. The molecule has 1 fully saturated rings. The molecule has 0 spiro atoms. The van der Waals surface area contributed by atoms with Crippen LogP contribution in [0.3, 0.4) is 0 Å². The Morgan fingerprint density at radius 1 is 1.50 bits per heavy atom. The van der Waals surface area contributed by atoms with Gasteiger partial charge in [-0.1, -0.05) is 29.6 Å². The Hall–Kier alpha value is -0.770. The van der Waals surface area contributed by atoms with Gasteiger partial charge in [-0.2, -0.15) is 0 Å². The van der Waals surface area contributed by atoms with Crippen molar-refractivity contribution in [1.29, 1.82) is 0 Å². The molecule has 18 heavy (non-hydrogen) atoms. The van der Waals surface area contributed by atoms with E-state index in [0.29, 0.717) is 15.7 Å². The van der Waals surface area contributed by atoms with E-state index in [0.717, 1.165) is 19.3 Å². The Bertz CT molecular complexity index is 478. The van der Waals surface area contributed by atoms with Gasteiger partial charge in [-0.15, -0.1) is 0 Å². The van der Waals surface area contributed by atoms with Crippen LogP contribution < -0.4 is 11.1 Å². The molecule has 1 aromatic carbocycles. The number of halogens is 2. The summed E-state index contributed by atoms with van der Waals surface area (Å²) in [5.74, 6) is -0.0864. The van der Waals surface area contributed by atoms with Crippen molar-refractivity contribution < 1.29 is 4.79 Å². The third-order valence-electron chi connectivity index (χ3n) is 3.72. The number of benzene rings is 1. The lowest BCUT2D eigenvalue weighted by Crippen LogP contribution is -2.44. The zero-order chi connectivity index (χ0) is 13.3. The van der Waals surface area contributed by atoms with Gasteiger partial charge in [0.1, 0.15) is 0 Å². The molecule has 0 aliphatic heterocycles. The maximum absolute atomic E-state index is 12.3. The summed E-state index contributed by atoms with van der Waals surface area (Å²) in [4.78, 5) is 12.3. The van der Waals surface area contributed by atoms with Crippen LogP contribution in [0.1, 0.15) is 26.2 Å². The molecular formula is C13H16Cl2N2O. The van der Waals surface area contributed by atoms with E-state index in [1.165, 1.54) is 0 Å². The van der Waals surface area contributed by atoms with Crippen molar-refractivity contribution >= 4 is 34.8 Å². The molecule has 2 atom stereocenters. The molecule has 3 N–H and O–H groups in total. The molecule has 0 bridgehead atoms. The lowest BCUT2D eigenvalue weighted by atomic mass is 9.84. The minimum atomic E-state index is -0.522. The summed E-state index contributed by atoms with van der Waals surface area (Å²) in [5, 5.41) is 3.84. The van der Waals surface area contributed by atoms with E-state index in [9.17, 15) is 4.79 Å². The highest BCUT2D eigenvalue weighted by molar-refractivity contribution is 6.35. The van der Waals surface area contributed by atoms with Crippen LogP contribution in [-0.4, -0.2) is 11.9 Å². The molecule has 2 unspecified atom stereocenters. The maximum Gasteiger partial charge on any atom is 0.231 e. The van der Waals surface area contributed by atoms with E-state index in [-0.39, 0.29) is 11.9 Å². The van der Waals surface area contributed by atoms with Gasteiger partial charge in [0.2, 0.25) is 5.91 Å². The number of hydrogen-bond donors (Lipinski definition) is 2. The monoisotopic (exact) mass is 286 g/mol. The van der Waals surface area contributed by atoms with Crippen molar-refractivity contribution in [3.63, 3.8) is 0 Å². The Balaban J connectivity index is 2.19. The number of carbonyl (C=O) groups excluding carboxylic acids is 1. The fourth-order valence-corrected chi connectivity index (χ4v) is 2.67. The highest BCUT2D eigenvalue weighted by atomic mass is 35.5. The molecule has 0 heterocycles. The van der Waals surface area contributed by atoms with Crippen LogP contribution in [0.2, 0.25) is 10.0 Å². The van der Waals surface area contributed by atoms with Gasteiger partial charge < -0.3 is 11.1 Å². The van der Waals surface area contributed by atoms with Gasteiger partial charge in [-0.3, -0.25) is 4.79 Å². The van der Waals surface area contributed by atoms with Crippen molar-refractivity contribution in [2.24, 2.45) is 11.1 Å². The normalized spacial score (nSPS) is 27.2. The summed E-state index contributed by atoms with van der Waals surface area (Å²) in [6.45, 7) is 1.90. The van der Waals surface area contributed by atoms with Crippen molar-refractivity contribution in [1.82, 2.24) is 0 Å². The van der Waals surface area contributed by atoms with Gasteiger partial charge in [-0.05, 0) is 38.0 Å². The van der Waals surface area contributed by atoms with Crippen LogP contribution >= 0.6 is 23.2 Å². The van der Waals surface area contributed by atoms with Crippen molar-refractivity contribution in [3.8, 4) is 0 Å². The first kappa shape index (κ1) is 13.7. The number of anilines is 1. The zero-order valence-electron chi connectivity index (χ0n) is 10.2. The van der Waals surface area contributed by atoms with E-state index in [1.54, 1.807) is 18.2 Å². The highest BCUT2D eigenvalue weighted by Gasteiger charge is 2.43. The highest BCUT2D eigenvalue weighted by Crippen LogP contribution is 2.38. The second kappa shape index (κ2) is 5.08. The summed E-state index contributed by atoms with van der Waals surface area (Å²) in [6.07, 6.45) is 2.67. The summed E-state index contributed by atoms with van der Waals surface area (Å²) in [5.41, 5.74) is 6.03. The molecule has 3 nitrogen and oxygen atoms in total. The third-order valence-corrected chi connectivity index (χ3v) is 4.29. The average molecular weight is 287 g/mol. The van der Waals surface area contributed by atoms with E-state index in [4.69, 9.17) is 28.9 Å². The fraction of sp³-hybridized carbons (Fsp3) is 0.462. The number of rotatable bonds is 2. The molecule has 1 aliphatic rings. The van der Waals surface area contributed by atoms with Gasteiger partial charge in [-0.25, -0.2) is 0 Å². The van der Waals surface area contributed by atoms with E-state index in [2.05, 4.69) is 5.32 Å². The van der Waals surface area contributed by atoms with Crippen molar-refractivity contribution in [2.45, 2.75) is 32.2 Å². The lowest BCUT2D eigenvalue weighted by molar-refractivity contribution is -0.125. The van der Waals surface area contributed by atoms with Gasteiger partial charge in [0.25, 0.3) is 0 Å². The first-order chi connectivity index (χ1) is 8.43. The van der Waals surface area contributed by atoms with Gasteiger partial charge in [0.05, 0.1) is 16.1 Å². The van der Waals surface area contributed by atoms with E-state index < -0.39 is 5.41 Å². The molecule has 1 amide bonds. The van der Waals surface area contributed by atoms with Crippen LogP contribution in [0.5, 0.6) is 0 Å². The van der Waals surface area contributed by atoms with Crippen molar-refractivity contribution in [2.75, 3.05) is 5.32 Å². The molecule has 0 saturated heterocycles. The summed E-state index contributed by atoms with van der Waals surface area (Å²) >= 11 is 11.9. The van der Waals surface area contributed by atoms with Gasteiger partial charge in [0.15, 0.2) is 0 Å². The molecule has 1 aromatic rings. The molecule has 0 aromatic heterocycles. The van der Waals surface area contributed by atoms with Crippen LogP contribution in [0, 0.1) is 5.41 Å². The van der Waals surface area contributed by atoms with Crippen LogP contribution in [0.4, 0.5) is 5.69 Å². The minimum absolute atomic E-state index is 0.0864. The SMILES string of the molecule is CC1(C(=O)Nc2cc(Cl)ccc2Cl)CCCC1N. The summed E-state index contributed by atoms with van der Waals surface area (Å²) < 4.78 is 0. The zero-order valence-corrected chi connectivity index (χ0v) is 11.7. The third kappa shape index (κ3) is 2.48. The van der Waals surface area contributed by atoms with Crippen LogP contribution in [0.25, 0.3) is 0 Å². The molecule has 98 valence electrons. The fourth-order valence-electron chi connectivity index (χ4n) is 2.33. The Labute approximate surface area is 117 Å². The molecule has 1 saturated carbocycles. The largest absolute Gasteiger partial charge is 0.327 e. The van der Waals surface area contributed by atoms with Crippen LogP contribution in [-0.2, 0) is 4.79 Å². The molecule has 5 heteroatoms. The Kier molecular flexibility index (Phi) is 3.85. The Morgan fingerprint density at radius 3 is 2.83 bits per heavy atom. The number of nitrogens with one attached hydrogen (secondary N) is 1. The molecule has 2 rings (SSSR count).